The Morgan fingerprint density at radius 3 is 2.50 bits per heavy atom. The second-order valence-corrected chi connectivity index (χ2v) is 5.63. The predicted octanol–water partition coefficient (Wildman–Crippen LogP) is 2.54. The van der Waals surface area contributed by atoms with Crippen LogP contribution < -0.4 is 5.32 Å². The lowest BCUT2D eigenvalue weighted by molar-refractivity contribution is -0.141. The fourth-order valence-electron chi connectivity index (χ4n) is 2.38. The second kappa shape index (κ2) is 7.93. The van der Waals surface area contributed by atoms with Crippen LogP contribution in [0, 0.1) is 24.2 Å². The Hall–Kier alpha value is -3.13. The van der Waals surface area contributed by atoms with E-state index >= 15 is 0 Å². The van der Waals surface area contributed by atoms with Crippen LogP contribution >= 0.6 is 0 Å². The number of aryl methyl sites for hydroxylation is 1. The third-order valence-electron chi connectivity index (χ3n) is 3.70. The van der Waals surface area contributed by atoms with Crippen LogP contribution in [0.15, 0.2) is 48.5 Å². The summed E-state index contributed by atoms with van der Waals surface area (Å²) in [4.78, 5) is 23.5. The van der Waals surface area contributed by atoms with Crippen molar-refractivity contribution < 1.29 is 14.7 Å². The van der Waals surface area contributed by atoms with Gasteiger partial charge < -0.3 is 10.4 Å². The van der Waals surface area contributed by atoms with Crippen LogP contribution in [0.4, 0.5) is 0 Å². The highest BCUT2D eigenvalue weighted by atomic mass is 16.4. The number of hydrogen-bond donors (Lipinski definition) is 2. The Bertz CT molecular complexity index is 776. The molecule has 1 unspecified atom stereocenters. The highest BCUT2D eigenvalue weighted by Crippen LogP contribution is 2.11. The number of carbonyl (C=O) groups is 2. The molecule has 0 saturated heterocycles. The summed E-state index contributed by atoms with van der Waals surface area (Å²) >= 11 is 0. The molecule has 0 fully saturated rings. The van der Waals surface area contributed by atoms with Gasteiger partial charge in [0.25, 0.3) is 5.91 Å². The molecule has 0 radical (unpaired) electrons. The van der Waals surface area contributed by atoms with Gasteiger partial charge in [0.15, 0.2) is 0 Å². The molecule has 122 valence electrons. The summed E-state index contributed by atoms with van der Waals surface area (Å²) in [5, 5.41) is 20.8. The van der Waals surface area contributed by atoms with Gasteiger partial charge in [-0.2, -0.15) is 5.26 Å². The van der Waals surface area contributed by atoms with Crippen molar-refractivity contribution in [1.29, 1.82) is 5.26 Å². The number of nitrogens with one attached hydrogen (secondary N) is 1. The van der Waals surface area contributed by atoms with Crippen LogP contribution in [-0.4, -0.2) is 23.5 Å². The molecule has 0 aromatic heterocycles. The van der Waals surface area contributed by atoms with Crippen molar-refractivity contribution >= 4 is 11.9 Å². The van der Waals surface area contributed by atoms with Crippen LogP contribution in [0.2, 0.25) is 0 Å². The first kappa shape index (κ1) is 17.2. The molecule has 5 heteroatoms. The molecule has 1 amide bonds. The van der Waals surface area contributed by atoms with E-state index < -0.39 is 11.9 Å². The molecule has 0 spiro atoms. The van der Waals surface area contributed by atoms with Gasteiger partial charge in [0.05, 0.1) is 17.6 Å². The van der Waals surface area contributed by atoms with E-state index in [9.17, 15) is 14.7 Å². The van der Waals surface area contributed by atoms with Crippen LogP contribution in [0.25, 0.3) is 0 Å². The Morgan fingerprint density at radius 1 is 1.21 bits per heavy atom. The zero-order valence-corrected chi connectivity index (χ0v) is 13.3. The first-order chi connectivity index (χ1) is 11.5. The van der Waals surface area contributed by atoms with Crippen molar-refractivity contribution in [3.8, 4) is 6.07 Å². The molecule has 2 aromatic rings. The molecule has 24 heavy (non-hydrogen) atoms. The molecule has 0 saturated carbocycles. The van der Waals surface area contributed by atoms with E-state index in [0.717, 1.165) is 11.1 Å². The van der Waals surface area contributed by atoms with Gasteiger partial charge in [0.2, 0.25) is 0 Å². The number of carboxylic acid groups (broad SMARTS) is 1. The van der Waals surface area contributed by atoms with Gasteiger partial charge in [0.1, 0.15) is 0 Å². The van der Waals surface area contributed by atoms with Crippen LogP contribution in [0.5, 0.6) is 0 Å². The molecule has 0 aliphatic carbocycles. The maximum atomic E-state index is 12.1. The van der Waals surface area contributed by atoms with Gasteiger partial charge in [-0.15, -0.1) is 0 Å². The van der Waals surface area contributed by atoms with E-state index in [-0.39, 0.29) is 12.5 Å². The molecule has 2 N–H and O–H groups in total. The summed E-state index contributed by atoms with van der Waals surface area (Å²) in [7, 11) is 0. The number of benzene rings is 2. The smallest absolute Gasteiger partial charge is 0.308 e. The van der Waals surface area contributed by atoms with Crippen LogP contribution in [0.3, 0.4) is 0 Å². The number of nitrogens with zero attached hydrogens (tertiary/aromatic N) is 1. The Balaban J connectivity index is 1.99. The van der Waals surface area contributed by atoms with Gasteiger partial charge in [-0.1, -0.05) is 29.8 Å². The number of aliphatic carboxylic acids is 1. The molecule has 2 rings (SSSR count). The average Bonchev–Trinajstić information content (AvgIpc) is 2.58. The topological polar surface area (TPSA) is 90.2 Å². The van der Waals surface area contributed by atoms with Crippen LogP contribution in [-0.2, 0) is 11.2 Å². The SMILES string of the molecule is Cc1cccc(CC(CNC(=O)c2ccc(C#N)cc2)C(=O)O)c1. The van der Waals surface area contributed by atoms with E-state index in [4.69, 9.17) is 5.26 Å². The molecular weight excluding hydrogens is 304 g/mol. The molecule has 2 aromatic carbocycles. The minimum absolute atomic E-state index is 0.0438. The highest BCUT2D eigenvalue weighted by Gasteiger charge is 2.19. The standard InChI is InChI=1S/C19H18N2O3/c1-13-3-2-4-15(9-13)10-17(19(23)24)12-21-18(22)16-7-5-14(11-20)6-8-16/h2-9,17H,10,12H2,1H3,(H,21,22)(H,23,24). The fraction of sp³-hybridized carbons (Fsp3) is 0.211. The summed E-state index contributed by atoms with van der Waals surface area (Å²) in [5.74, 6) is -2.00. The minimum Gasteiger partial charge on any atom is -0.481 e. The predicted molar refractivity (Wildman–Crippen MR) is 89.5 cm³/mol. The Morgan fingerprint density at radius 2 is 1.92 bits per heavy atom. The second-order valence-electron chi connectivity index (χ2n) is 5.63. The largest absolute Gasteiger partial charge is 0.481 e. The lowest BCUT2D eigenvalue weighted by atomic mass is 9.98. The van der Waals surface area contributed by atoms with Crippen molar-refractivity contribution in [2.45, 2.75) is 13.3 Å². The van der Waals surface area contributed by atoms with Crippen LogP contribution in [0.1, 0.15) is 27.0 Å². The lowest BCUT2D eigenvalue weighted by Crippen LogP contribution is -2.34. The van der Waals surface area contributed by atoms with Crippen molar-refractivity contribution in [1.82, 2.24) is 5.32 Å². The summed E-state index contributed by atoms with van der Waals surface area (Å²) in [6.45, 7) is 1.99. The quantitative estimate of drug-likeness (QED) is 0.855. The molecular formula is C19H18N2O3. The Labute approximate surface area is 140 Å². The zero-order valence-electron chi connectivity index (χ0n) is 13.3. The third kappa shape index (κ3) is 4.68. The normalized spacial score (nSPS) is 11.3. The third-order valence-corrected chi connectivity index (χ3v) is 3.70. The molecule has 0 bridgehead atoms. The molecule has 0 aliphatic rings. The van der Waals surface area contributed by atoms with E-state index in [0.29, 0.717) is 17.5 Å². The summed E-state index contributed by atoms with van der Waals surface area (Å²) < 4.78 is 0. The van der Waals surface area contributed by atoms with Crippen molar-refractivity contribution in [3.05, 3.63) is 70.8 Å². The maximum Gasteiger partial charge on any atom is 0.308 e. The van der Waals surface area contributed by atoms with Gasteiger partial charge in [-0.3, -0.25) is 9.59 Å². The monoisotopic (exact) mass is 322 g/mol. The molecule has 0 aliphatic heterocycles. The summed E-state index contributed by atoms with van der Waals surface area (Å²) in [5.41, 5.74) is 2.86. The van der Waals surface area contributed by atoms with Gasteiger partial charge in [-0.05, 0) is 43.2 Å². The molecule has 0 heterocycles. The van der Waals surface area contributed by atoms with E-state index in [1.165, 1.54) is 0 Å². The first-order valence-corrected chi connectivity index (χ1v) is 7.56. The van der Waals surface area contributed by atoms with Gasteiger partial charge in [0, 0.05) is 12.1 Å². The highest BCUT2D eigenvalue weighted by molar-refractivity contribution is 5.94. The number of carbonyl (C=O) groups excluding carboxylic acids is 1. The minimum atomic E-state index is -0.948. The van der Waals surface area contributed by atoms with E-state index in [1.54, 1.807) is 24.3 Å². The average molecular weight is 322 g/mol. The van der Waals surface area contributed by atoms with Crippen molar-refractivity contribution in [2.24, 2.45) is 5.92 Å². The lowest BCUT2D eigenvalue weighted by Gasteiger charge is -2.14. The Kier molecular flexibility index (Phi) is 5.69. The van der Waals surface area contributed by atoms with E-state index in [1.807, 2.05) is 37.3 Å². The first-order valence-electron chi connectivity index (χ1n) is 7.56. The molecule has 1 atom stereocenters. The number of hydrogen-bond acceptors (Lipinski definition) is 3. The fourth-order valence-corrected chi connectivity index (χ4v) is 2.38. The number of amides is 1. The number of nitriles is 1. The summed E-state index contributed by atoms with van der Waals surface area (Å²) in [6.07, 6.45) is 0.352. The number of carboxylic acids is 1. The van der Waals surface area contributed by atoms with Crippen molar-refractivity contribution in [2.75, 3.05) is 6.54 Å². The maximum absolute atomic E-state index is 12.1. The van der Waals surface area contributed by atoms with E-state index in [2.05, 4.69) is 5.32 Å². The summed E-state index contributed by atoms with van der Waals surface area (Å²) in [6, 6.07) is 15.8. The van der Waals surface area contributed by atoms with Gasteiger partial charge in [-0.25, -0.2) is 0 Å². The van der Waals surface area contributed by atoms with Crippen molar-refractivity contribution in [3.63, 3.8) is 0 Å². The number of rotatable bonds is 6. The zero-order chi connectivity index (χ0) is 17.5. The van der Waals surface area contributed by atoms with Gasteiger partial charge >= 0.3 is 5.97 Å². The molecule has 5 nitrogen and oxygen atoms in total.